The Labute approximate surface area is 121 Å². The molecule has 0 saturated heterocycles. The van der Waals surface area contributed by atoms with Gasteiger partial charge in [0.2, 0.25) is 0 Å². The summed E-state index contributed by atoms with van der Waals surface area (Å²) in [4.78, 5) is 11.6. The number of nitrogens with one attached hydrogen (secondary N) is 1. The van der Waals surface area contributed by atoms with Gasteiger partial charge in [-0.25, -0.2) is 4.79 Å². The van der Waals surface area contributed by atoms with Crippen LogP contribution in [0, 0.1) is 5.92 Å². The highest BCUT2D eigenvalue weighted by Gasteiger charge is 2.23. The summed E-state index contributed by atoms with van der Waals surface area (Å²) in [5, 5.41) is 3.63. The molecule has 2 atom stereocenters. The number of benzene rings is 1. The number of anilines is 1. The molecule has 1 aromatic rings. The minimum absolute atomic E-state index is 0.247. The number of rotatable bonds is 5. The molecule has 1 N–H and O–H groups in total. The average Bonchev–Trinajstić information content (AvgIpc) is 2.49. The van der Waals surface area contributed by atoms with Crippen molar-refractivity contribution >= 4 is 11.7 Å². The first-order chi connectivity index (χ1) is 9.74. The summed E-state index contributed by atoms with van der Waals surface area (Å²) >= 11 is 0. The third kappa shape index (κ3) is 3.75. The fraction of sp³-hybridized carbons (Fsp3) is 0.588. The zero-order chi connectivity index (χ0) is 14.4. The molecule has 0 aliphatic heterocycles. The van der Waals surface area contributed by atoms with E-state index in [0.717, 1.165) is 11.6 Å². The first kappa shape index (κ1) is 14.9. The molecule has 0 bridgehead atoms. The zero-order valence-corrected chi connectivity index (χ0v) is 12.5. The van der Waals surface area contributed by atoms with Crippen LogP contribution in [0.25, 0.3) is 0 Å². The Morgan fingerprint density at radius 2 is 1.90 bits per heavy atom. The van der Waals surface area contributed by atoms with Gasteiger partial charge in [0, 0.05) is 11.7 Å². The lowest BCUT2D eigenvalue weighted by Crippen LogP contribution is -2.31. The summed E-state index contributed by atoms with van der Waals surface area (Å²) in [6.45, 7) is 4.51. The topological polar surface area (TPSA) is 38.3 Å². The standard InChI is InChI=1S/C17H25NO2/c1-3-13-7-5-6-8-16(13)18-15-11-9-14(10-12-15)17(19)20-4-2/h9-13,16,18H,3-8H2,1-2H3. The Bertz CT molecular complexity index is 427. The molecule has 1 aliphatic carbocycles. The second kappa shape index (κ2) is 7.32. The summed E-state index contributed by atoms with van der Waals surface area (Å²) in [5.74, 6) is 0.525. The van der Waals surface area contributed by atoms with E-state index in [4.69, 9.17) is 4.74 Å². The fourth-order valence-electron chi connectivity index (χ4n) is 3.02. The number of ether oxygens (including phenoxy) is 1. The maximum absolute atomic E-state index is 11.6. The Hall–Kier alpha value is -1.51. The van der Waals surface area contributed by atoms with Gasteiger partial charge in [-0.05, 0) is 49.9 Å². The number of hydrogen-bond donors (Lipinski definition) is 1. The van der Waals surface area contributed by atoms with Gasteiger partial charge in [-0.15, -0.1) is 0 Å². The van der Waals surface area contributed by atoms with Gasteiger partial charge < -0.3 is 10.1 Å². The lowest BCUT2D eigenvalue weighted by Gasteiger charge is -2.32. The highest BCUT2D eigenvalue weighted by molar-refractivity contribution is 5.89. The Kier molecular flexibility index (Phi) is 5.45. The smallest absolute Gasteiger partial charge is 0.338 e. The van der Waals surface area contributed by atoms with Crippen molar-refractivity contribution in [2.75, 3.05) is 11.9 Å². The van der Waals surface area contributed by atoms with E-state index in [1.54, 1.807) is 0 Å². The van der Waals surface area contributed by atoms with Gasteiger partial charge in [-0.2, -0.15) is 0 Å². The van der Waals surface area contributed by atoms with E-state index in [9.17, 15) is 4.79 Å². The van der Waals surface area contributed by atoms with Crippen molar-refractivity contribution in [3.05, 3.63) is 29.8 Å². The van der Waals surface area contributed by atoms with Gasteiger partial charge in [0.1, 0.15) is 0 Å². The quantitative estimate of drug-likeness (QED) is 0.817. The van der Waals surface area contributed by atoms with Crippen LogP contribution in [-0.2, 0) is 4.74 Å². The van der Waals surface area contributed by atoms with Crippen LogP contribution in [0.5, 0.6) is 0 Å². The molecular weight excluding hydrogens is 250 g/mol. The molecule has 3 heteroatoms. The van der Waals surface area contributed by atoms with Crippen LogP contribution in [0.15, 0.2) is 24.3 Å². The minimum atomic E-state index is -0.247. The van der Waals surface area contributed by atoms with Crippen LogP contribution in [0.1, 0.15) is 56.3 Å². The van der Waals surface area contributed by atoms with E-state index in [0.29, 0.717) is 18.2 Å². The first-order valence-electron chi connectivity index (χ1n) is 7.78. The summed E-state index contributed by atoms with van der Waals surface area (Å²) in [6, 6.07) is 8.21. The Morgan fingerprint density at radius 1 is 1.20 bits per heavy atom. The van der Waals surface area contributed by atoms with E-state index in [1.165, 1.54) is 32.1 Å². The van der Waals surface area contributed by atoms with Crippen LogP contribution in [0.3, 0.4) is 0 Å². The van der Waals surface area contributed by atoms with E-state index in [1.807, 2.05) is 31.2 Å². The second-order valence-electron chi connectivity index (χ2n) is 5.50. The van der Waals surface area contributed by atoms with E-state index in [2.05, 4.69) is 12.2 Å². The van der Waals surface area contributed by atoms with Crippen molar-refractivity contribution in [3.63, 3.8) is 0 Å². The number of carbonyl (C=O) groups excluding carboxylic acids is 1. The van der Waals surface area contributed by atoms with Gasteiger partial charge in [0.25, 0.3) is 0 Å². The molecule has 0 aromatic heterocycles. The zero-order valence-electron chi connectivity index (χ0n) is 12.5. The van der Waals surface area contributed by atoms with Gasteiger partial charge in [0.05, 0.1) is 12.2 Å². The van der Waals surface area contributed by atoms with Crippen LogP contribution in [0.2, 0.25) is 0 Å². The SMILES string of the molecule is CCOC(=O)c1ccc(NC2CCCCC2CC)cc1. The average molecular weight is 275 g/mol. The molecular formula is C17H25NO2. The first-order valence-corrected chi connectivity index (χ1v) is 7.78. The molecule has 0 spiro atoms. The van der Waals surface area contributed by atoms with Gasteiger partial charge in [0.15, 0.2) is 0 Å². The Morgan fingerprint density at radius 3 is 2.55 bits per heavy atom. The summed E-state index contributed by atoms with van der Waals surface area (Å²) in [6.07, 6.45) is 6.49. The summed E-state index contributed by atoms with van der Waals surface area (Å²) in [5.41, 5.74) is 1.72. The molecule has 0 heterocycles. The summed E-state index contributed by atoms with van der Waals surface area (Å²) in [7, 11) is 0. The second-order valence-corrected chi connectivity index (χ2v) is 5.50. The molecule has 1 aliphatic rings. The number of hydrogen-bond acceptors (Lipinski definition) is 3. The van der Waals surface area contributed by atoms with E-state index >= 15 is 0 Å². The van der Waals surface area contributed by atoms with E-state index in [-0.39, 0.29) is 5.97 Å². The van der Waals surface area contributed by atoms with Crippen molar-refractivity contribution in [1.29, 1.82) is 0 Å². The van der Waals surface area contributed by atoms with Crippen molar-refractivity contribution in [1.82, 2.24) is 0 Å². The third-order valence-electron chi connectivity index (χ3n) is 4.18. The van der Waals surface area contributed by atoms with Gasteiger partial charge in [-0.1, -0.05) is 26.2 Å². The summed E-state index contributed by atoms with van der Waals surface area (Å²) < 4.78 is 4.99. The fourth-order valence-corrected chi connectivity index (χ4v) is 3.02. The lowest BCUT2D eigenvalue weighted by atomic mass is 9.83. The molecule has 2 unspecified atom stereocenters. The molecule has 1 saturated carbocycles. The van der Waals surface area contributed by atoms with Gasteiger partial charge in [-0.3, -0.25) is 0 Å². The van der Waals surface area contributed by atoms with Crippen LogP contribution in [0.4, 0.5) is 5.69 Å². The van der Waals surface area contributed by atoms with Crippen molar-refractivity contribution in [2.24, 2.45) is 5.92 Å². The van der Waals surface area contributed by atoms with Gasteiger partial charge >= 0.3 is 5.97 Å². The normalized spacial score (nSPS) is 22.3. The van der Waals surface area contributed by atoms with Crippen molar-refractivity contribution in [2.45, 2.75) is 52.0 Å². The largest absolute Gasteiger partial charge is 0.462 e. The third-order valence-corrected chi connectivity index (χ3v) is 4.18. The highest BCUT2D eigenvalue weighted by atomic mass is 16.5. The lowest BCUT2D eigenvalue weighted by molar-refractivity contribution is 0.0526. The van der Waals surface area contributed by atoms with Crippen LogP contribution >= 0.6 is 0 Å². The van der Waals surface area contributed by atoms with E-state index < -0.39 is 0 Å². The monoisotopic (exact) mass is 275 g/mol. The van der Waals surface area contributed by atoms with Crippen molar-refractivity contribution in [3.8, 4) is 0 Å². The molecule has 0 radical (unpaired) electrons. The Balaban J connectivity index is 1.97. The minimum Gasteiger partial charge on any atom is -0.462 e. The molecule has 1 aromatic carbocycles. The van der Waals surface area contributed by atoms with Crippen LogP contribution < -0.4 is 5.32 Å². The van der Waals surface area contributed by atoms with Crippen molar-refractivity contribution < 1.29 is 9.53 Å². The highest BCUT2D eigenvalue weighted by Crippen LogP contribution is 2.29. The molecule has 110 valence electrons. The molecule has 3 nitrogen and oxygen atoms in total. The molecule has 20 heavy (non-hydrogen) atoms. The maximum atomic E-state index is 11.6. The molecule has 2 rings (SSSR count). The maximum Gasteiger partial charge on any atom is 0.338 e. The predicted octanol–water partition coefficient (Wildman–Crippen LogP) is 4.24. The molecule has 1 fully saturated rings. The van der Waals surface area contributed by atoms with Crippen LogP contribution in [-0.4, -0.2) is 18.6 Å². The predicted molar refractivity (Wildman–Crippen MR) is 82.1 cm³/mol. The molecule has 0 amide bonds. The number of carbonyl (C=O) groups is 1. The number of esters is 1.